The van der Waals surface area contributed by atoms with E-state index in [-0.39, 0.29) is 6.04 Å². The molecule has 0 radical (unpaired) electrons. The fourth-order valence-corrected chi connectivity index (χ4v) is 5.39. The number of rotatable bonds is 8. The summed E-state index contributed by atoms with van der Waals surface area (Å²) in [6.07, 6.45) is 6.66. The number of hydrogen-bond donors (Lipinski definition) is 1. The Kier molecular flexibility index (Phi) is 6.59. The Hall–Kier alpha value is -2.67. The second-order valence-corrected chi connectivity index (χ2v) is 8.82. The van der Waals surface area contributed by atoms with E-state index >= 15 is 0 Å². The predicted octanol–water partition coefficient (Wildman–Crippen LogP) is 5.16. The van der Waals surface area contributed by atoms with E-state index in [9.17, 15) is 4.57 Å². The van der Waals surface area contributed by atoms with Crippen molar-refractivity contribution in [1.29, 1.82) is 0 Å². The van der Waals surface area contributed by atoms with Gasteiger partial charge in [0.25, 0.3) is 0 Å². The molecule has 3 aromatic carbocycles. The molecule has 0 unspecified atom stereocenters. The normalized spacial score (nSPS) is 12.7. The highest BCUT2D eigenvalue weighted by Crippen LogP contribution is 2.39. The van der Waals surface area contributed by atoms with Gasteiger partial charge in [0.15, 0.2) is 0 Å². The van der Waals surface area contributed by atoms with Crippen molar-refractivity contribution in [2.24, 2.45) is 0 Å². The monoisotopic (exact) mass is 373 g/mol. The van der Waals surface area contributed by atoms with Gasteiger partial charge in [-0.3, -0.25) is 9.65 Å². The van der Waals surface area contributed by atoms with Gasteiger partial charge in [-0.05, 0) is 36.2 Å². The van der Waals surface area contributed by atoms with Crippen LogP contribution in [0.1, 0.15) is 12.0 Å². The molecule has 0 aliphatic heterocycles. The minimum Gasteiger partial charge on any atom is -0.297 e. The standard InChI is InChI=1S/C24H24NOP/c1-2-12-22(20-19-21-13-6-3-7-14-21)25-27(26,23-15-8-4-9-16-23)24-17-10-5-11-18-24/h2-11,13-20,22H,1,12H2,(H,25,26)/t22-/m1/s1. The minimum absolute atomic E-state index is 0.0889. The van der Waals surface area contributed by atoms with E-state index in [1.165, 1.54) is 0 Å². The largest absolute Gasteiger partial charge is 0.297 e. The Labute approximate surface area is 161 Å². The second kappa shape index (κ2) is 9.32. The topological polar surface area (TPSA) is 29.1 Å². The van der Waals surface area contributed by atoms with Crippen LogP contribution in [-0.2, 0) is 4.57 Å². The van der Waals surface area contributed by atoms with Crippen LogP contribution in [0.2, 0.25) is 0 Å². The first kappa shape index (κ1) is 19.1. The first-order valence-electron chi connectivity index (χ1n) is 9.05. The van der Waals surface area contributed by atoms with Gasteiger partial charge < -0.3 is 0 Å². The lowest BCUT2D eigenvalue weighted by Gasteiger charge is -2.25. The zero-order valence-corrected chi connectivity index (χ0v) is 16.1. The summed E-state index contributed by atoms with van der Waals surface area (Å²) >= 11 is 0. The van der Waals surface area contributed by atoms with Crippen LogP contribution in [0.15, 0.2) is 110 Å². The number of nitrogens with one attached hydrogen (secondary N) is 1. The fraction of sp³-hybridized carbons (Fsp3) is 0.0833. The molecule has 0 aromatic heterocycles. The van der Waals surface area contributed by atoms with Gasteiger partial charge in [0, 0.05) is 16.7 Å². The highest BCUT2D eigenvalue weighted by molar-refractivity contribution is 7.76. The Balaban J connectivity index is 1.95. The van der Waals surface area contributed by atoms with Crippen molar-refractivity contribution in [3.63, 3.8) is 0 Å². The molecule has 0 saturated carbocycles. The van der Waals surface area contributed by atoms with Crippen molar-refractivity contribution in [1.82, 2.24) is 5.09 Å². The Morgan fingerprint density at radius 1 is 0.815 bits per heavy atom. The average molecular weight is 373 g/mol. The van der Waals surface area contributed by atoms with Gasteiger partial charge in [0.2, 0.25) is 7.29 Å². The van der Waals surface area contributed by atoms with Crippen LogP contribution >= 0.6 is 7.29 Å². The molecule has 3 rings (SSSR count). The molecule has 3 heteroatoms. The summed E-state index contributed by atoms with van der Waals surface area (Å²) in [6.45, 7) is 3.87. The molecule has 1 N–H and O–H groups in total. The molecule has 2 nitrogen and oxygen atoms in total. The summed E-state index contributed by atoms with van der Waals surface area (Å²) < 4.78 is 14.1. The Morgan fingerprint density at radius 3 is 1.78 bits per heavy atom. The zero-order chi connectivity index (χ0) is 19.0. The molecule has 0 bridgehead atoms. The first-order chi connectivity index (χ1) is 13.2. The molecular weight excluding hydrogens is 349 g/mol. The molecule has 0 spiro atoms. The van der Waals surface area contributed by atoms with Crippen molar-refractivity contribution < 1.29 is 4.57 Å². The van der Waals surface area contributed by atoms with Crippen LogP contribution < -0.4 is 15.7 Å². The molecule has 0 heterocycles. The Morgan fingerprint density at radius 2 is 1.30 bits per heavy atom. The van der Waals surface area contributed by atoms with Crippen LogP contribution in [0.5, 0.6) is 0 Å². The molecule has 3 aromatic rings. The van der Waals surface area contributed by atoms with Crippen molar-refractivity contribution in [3.8, 4) is 0 Å². The third-order valence-corrected chi connectivity index (χ3v) is 7.07. The second-order valence-electron chi connectivity index (χ2n) is 6.31. The van der Waals surface area contributed by atoms with Crippen LogP contribution in [0.3, 0.4) is 0 Å². The third-order valence-electron chi connectivity index (χ3n) is 4.33. The smallest absolute Gasteiger partial charge is 0.205 e. The SMILES string of the molecule is C=CC[C@H](C=Cc1ccccc1)NP(=O)(c1ccccc1)c1ccccc1. The van der Waals surface area contributed by atoms with E-state index in [1.54, 1.807) is 0 Å². The lowest BCUT2D eigenvalue weighted by molar-refractivity contribution is 0.571. The van der Waals surface area contributed by atoms with E-state index in [2.05, 4.69) is 36.0 Å². The highest BCUT2D eigenvalue weighted by Gasteiger charge is 2.28. The summed E-state index contributed by atoms with van der Waals surface area (Å²) in [5.41, 5.74) is 1.11. The lowest BCUT2D eigenvalue weighted by atomic mass is 10.1. The summed E-state index contributed by atoms with van der Waals surface area (Å²) in [4.78, 5) is 0. The van der Waals surface area contributed by atoms with E-state index in [0.717, 1.165) is 16.2 Å². The minimum atomic E-state index is -2.98. The van der Waals surface area contributed by atoms with Gasteiger partial charge in [0.1, 0.15) is 0 Å². The number of benzene rings is 3. The molecule has 0 aliphatic carbocycles. The highest BCUT2D eigenvalue weighted by atomic mass is 31.2. The first-order valence-corrected chi connectivity index (χ1v) is 10.8. The quantitative estimate of drug-likeness (QED) is 0.436. The molecule has 0 saturated heterocycles. The van der Waals surface area contributed by atoms with Gasteiger partial charge in [-0.1, -0.05) is 85.0 Å². The van der Waals surface area contributed by atoms with Crippen molar-refractivity contribution in [2.75, 3.05) is 0 Å². The van der Waals surface area contributed by atoms with Crippen molar-refractivity contribution >= 4 is 24.0 Å². The van der Waals surface area contributed by atoms with E-state index < -0.39 is 7.29 Å². The molecule has 0 aliphatic rings. The van der Waals surface area contributed by atoms with E-state index in [4.69, 9.17) is 0 Å². The maximum atomic E-state index is 14.1. The van der Waals surface area contributed by atoms with Gasteiger partial charge in [-0.2, -0.15) is 0 Å². The van der Waals surface area contributed by atoms with E-state index in [1.807, 2.05) is 84.9 Å². The third kappa shape index (κ3) is 4.95. The molecule has 27 heavy (non-hydrogen) atoms. The summed E-state index contributed by atoms with van der Waals surface area (Å²) in [7, 11) is -2.98. The van der Waals surface area contributed by atoms with Gasteiger partial charge in [-0.25, -0.2) is 0 Å². The molecule has 0 fully saturated rings. The van der Waals surface area contributed by atoms with Gasteiger partial charge in [-0.15, -0.1) is 6.58 Å². The lowest BCUT2D eigenvalue weighted by Crippen LogP contribution is -2.33. The molecule has 136 valence electrons. The summed E-state index contributed by atoms with van der Waals surface area (Å²) in [5.74, 6) is 0. The van der Waals surface area contributed by atoms with Gasteiger partial charge in [0.05, 0.1) is 0 Å². The predicted molar refractivity (Wildman–Crippen MR) is 117 cm³/mol. The zero-order valence-electron chi connectivity index (χ0n) is 15.2. The Bertz CT molecular complexity index is 877. The van der Waals surface area contributed by atoms with E-state index in [0.29, 0.717) is 6.42 Å². The van der Waals surface area contributed by atoms with Crippen LogP contribution in [0.25, 0.3) is 6.08 Å². The molecule has 0 amide bonds. The summed E-state index contributed by atoms with van der Waals surface area (Å²) in [6, 6.07) is 29.3. The van der Waals surface area contributed by atoms with Crippen LogP contribution in [-0.4, -0.2) is 6.04 Å². The van der Waals surface area contributed by atoms with Crippen molar-refractivity contribution in [2.45, 2.75) is 12.5 Å². The maximum absolute atomic E-state index is 14.1. The molecule has 1 atom stereocenters. The molecular formula is C24H24NOP. The van der Waals surface area contributed by atoms with Crippen LogP contribution in [0, 0.1) is 0 Å². The van der Waals surface area contributed by atoms with Gasteiger partial charge >= 0.3 is 0 Å². The fourth-order valence-electron chi connectivity index (χ4n) is 2.95. The maximum Gasteiger partial charge on any atom is 0.205 e. The van der Waals surface area contributed by atoms with Crippen LogP contribution in [0.4, 0.5) is 0 Å². The average Bonchev–Trinajstić information content (AvgIpc) is 2.74. The summed E-state index contributed by atoms with van der Waals surface area (Å²) in [5, 5.41) is 5.04. The number of hydrogen-bond acceptors (Lipinski definition) is 1. The van der Waals surface area contributed by atoms with Crippen molar-refractivity contribution in [3.05, 3.63) is 115 Å².